The normalized spacial score (nSPS) is 19.6. The van der Waals surface area contributed by atoms with Gasteiger partial charge in [-0.2, -0.15) is 0 Å². The number of ether oxygens (including phenoxy) is 1. The van der Waals surface area contributed by atoms with Crippen LogP contribution in [0.25, 0.3) is 10.9 Å². The van der Waals surface area contributed by atoms with Crippen LogP contribution in [0.15, 0.2) is 24.4 Å². The van der Waals surface area contributed by atoms with Crippen molar-refractivity contribution in [3.63, 3.8) is 0 Å². The van der Waals surface area contributed by atoms with Crippen LogP contribution in [0.1, 0.15) is 69.8 Å². The van der Waals surface area contributed by atoms with Gasteiger partial charge in [0.25, 0.3) is 0 Å². The fraction of sp³-hybridized carbons (Fsp3) is 0.630. The number of carboxylic acids is 1. The van der Waals surface area contributed by atoms with Crippen molar-refractivity contribution in [3.05, 3.63) is 35.0 Å². The quantitative estimate of drug-likeness (QED) is 0.460. The number of rotatable bonds is 9. The number of nitrogens with zero attached hydrogens (tertiary/aromatic N) is 2. The van der Waals surface area contributed by atoms with Crippen molar-refractivity contribution in [2.75, 3.05) is 26.7 Å². The summed E-state index contributed by atoms with van der Waals surface area (Å²) in [6, 6.07) is 5.81. The molecular formula is C27H37ClN2O3. The third kappa shape index (κ3) is 5.81. The third-order valence-electron chi connectivity index (χ3n) is 8.06. The first-order valence-electron chi connectivity index (χ1n) is 12.6. The summed E-state index contributed by atoms with van der Waals surface area (Å²) in [6.45, 7) is 2.92. The molecule has 4 rings (SSSR count). The zero-order chi connectivity index (χ0) is 23.3. The maximum absolute atomic E-state index is 12.3. The lowest BCUT2D eigenvalue weighted by atomic mass is 9.74. The van der Waals surface area contributed by atoms with Crippen LogP contribution in [-0.4, -0.2) is 47.7 Å². The van der Waals surface area contributed by atoms with Crippen LogP contribution in [0.5, 0.6) is 5.75 Å². The summed E-state index contributed by atoms with van der Waals surface area (Å²) < 4.78 is 5.38. The van der Waals surface area contributed by atoms with Gasteiger partial charge in [0.05, 0.1) is 23.1 Å². The van der Waals surface area contributed by atoms with E-state index in [1.807, 2.05) is 18.2 Å². The maximum atomic E-state index is 12.3. The van der Waals surface area contributed by atoms with Crippen LogP contribution in [0.4, 0.5) is 0 Å². The minimum atomic E-state index is -0.637. The highest BCUT2D eigenvalue weighted by atomic mass is 35.5. The van der Waals surface area contributed by atoms with E-state index in [0.717, 1.165) is 73.5 Å². The summed E-state index contributed by atoms with van der Waals surface area (Å²) in [7, 11) is 1.65. The van der Waals surface area contributed by atoms with Gasteiger partial charge in [-0.25, -0.2) is 0 Å². The van der Waals surface area contributed by atoms with Crippen molar-refractivity contribution in [1.82, 2.24) is 9.88 Å². The summed E-state index contributed by atoms with van der Waals surface area (Å²) in [5.41, 5.74) is 1.30. The lowest BCUT2D eigenvalue weighted by molar-refractivity contribution is -0.152. The van der Waals surface area contributed by atoms with Crippen LogP contribution < -0.4 is 4.74 Å². The van der Waals surface area contributed by atoms with Crippen LogP contribution in [0, 0.1) is 11.3 Å². The molecule has 0 spiro atoms. The minimum absolute atomic E-state index is 0.617. The molecule has 1 aromatic carbocycles. The van der Waals surface area contributed by atoms with Gasteiger partial charge in [0.2, 0.25) is 0 Å². The van der Waals surface area contributed by atoms with Crippen molar-refractivity contribution >= 4 is 28.5 Å². The van der Waals surface area contributed by atoms with Crippen molar-refractivity contribution in [2.45, 2.75) is 70.6 Å². The first-order valence-corrected chi connectivity index (χ1v) is 13.0. The largest absolute Gasteiger partial charge is 0.497 e. The average Bonchev–Trinajstić information content (AvgIpc) is 2.85. The van der Waals surface area contributed by atoms with Crippen molar-refractivity contribution in [2.24, 2.45) is 11.3 Å². The standard InChI is InChI=1S/C27H37ClN2O3/c1-33-21-9-10-25-23(18-21)22(24(28)19-29-25)8-5-12-27(26(31)32)13-16-30(17-14-27)15-11-20-6-3-2-4-7-20/h9-10,18-20H,2-8,11-17H2,1H3,(H,31,32). The number of carboxylic acid groups (broad SMARTS) is 1. The smallest absolute Gasteiger partial charge is 0.309 e. The Hall–Kier alpha value is -1.85. The predicted octanol–water partition coefficient (Wildman–Crippen LogP) is 6.36. The Labute approximate surface area is 202 Å². The van der Waals surface area contributed by atoms with Gasteiger partial charge in [-0.1, -0.05) is 43.7 Å². The number of likely N-dealkylation sites (tertiary alicyclic amines) is 1. The summed E-state index contributed by atoms with van der Waals surface area (Å²) in [5.74, 6) is 1.01. The topological polar surface area (TPSA) is 62.7 Å². The Bertz CT molecular complexity index is 950. The highest BCUT2D eigenvalue weighted by Gasteiger charge is 2.40. The molecule has 0 unspecified atom stereocenters. The van der Waals surface area contributed by atoms with E-state index >= 15 is 0 Å². The van der Waals surface area contributed by atoms with Crippen LogP contribution in [-0.2, 0) is 11.2 Å². The van der Waals surface area contributed by atoms with Gasteiger partial charge in [0, 0.05) is 11.6 Å². The highest BCUT2D eigenvalue weighted by Crippen LogP contribution is 2.38. The number of hydrogen-bond acceptors (Lipinski definition) is 4. The number of aliphatic carboxylic acids is 1. The molecular weight excluding hydrogens is 436 g/mol. The summed E-state index contributed by atoms with van der Waals surface area (Å²) in [5, 5.41) is 11.8. The number of aryl methyl sites for hydroxylation is 1. The van der Waals surface area contributed by atoms with Crippen LogP contribution >= 0.6 is 11.6 Å². The molecule has 2 aliphatic rings. The number of methoxy groups -OCH3 is 1. The first-order chi connectivity index (χ1) is 16.0. The Balaban J connectivity index is 1.35. The molecule has 1 saturated heterocycles. The summed E-state index contributed by atoms with van der Waals surface area (Å²) in [4.78, 5) is 19.2. The molecule has 33 heavy (non-hydrogen) atoms. The van der Waals surface area contributed by atoms with E-state index in [0.29, 0.717) is 11.4 Å². The lowest BCUT2D eigenvalue weighted by Crippen LogP contribution is -2.45. The molecule has 1 aromatic heterocycles. The Morgan fingerprint density at radius 2 is 2.00 bits per heavy atom. The minimum Gasteiger partial charge on any atom is -0.497 e. The molecule has 0 radical (unpaired) electrons. The molecule has 1 N–H and O–H groups in total. The molecule has 0 atom stereocenters. The Kier molecular flexibility index (Phi) is 8.13. The number of halogens is 1. The lowest BCUT2D eigenvalue weighted by Gasteiger charge is -2.39. The number of benzene rings is 1. The molecule has 1 aliphatic carbocycles. The van der Waals surface area contributed by atoms with E-state index in [4.69, 9.17) is 16.3 Å². The molecule has 180 valence electrons. The molecule has 2 aromatic rings. The number of aromatic nitrogens is 1. The second-order valence-corrected chi connectivity index (χ2v) is 10.4. The number of hydrogen-bond donors (Lipinski definition) is 1. The SMILES string of the molecule is COc1ccc2ncc(Cl)c(CCCC3(C(=O)O)CCN(CCC4CCCCC4)CC3)c2c1. The average molecular weight is 473 g/mol. The van der Waals surface area contributed by atoms with Crippen molar-refractivity contribution in [3.8, 4) is 5.75 Å². The van der Waals surface area contributed by atoms with Gasteiger partial charge in [-0.05, 0) is 87.8 Å². The fourth-order valence-electron chi connectivity index (χ4n) is 5.80. The molecule has 5 nitrogen and oxygen atoms in total. The Morgan fingerprint density at radius 1 is 1.24 bits per heavy atom. The van der Waals surface area contributed by atoms with Gasteiger partial charge in [-0.15, -0.1) is 0 Å². The summed E-state index contributed by atoms with van der Waals surface area (Å²) in [6.07, 6.45) is 13.6. The van der Waals surface area contributed by atoms with Crippen LogP contribution in [0.2, 0.25) is 5.02 Å². The first kappa shape index (κ1) is 24.3. The van der Waals surface area contributed by atoms with E-state index in [9.17, 15) is 9.90 Å². The zero-order valence-corrected chi connectivity index (χ0v) is 20.6. The van der Waals surface area contributed by atoms with Gasteiger partial charge in [0.1, 0.15) is 5.75 Å². The molecule has 2 heterocycles. The van der Waals surface area contributed by atoms with E-state index in [-0.39, 0.29) is 0 Å². The number of fused-ring (bicyclic) bond motifs is 1. The van der Waals surface area contributed by atoms with E-state index in [1.54, 1.807) is 13.3 Å². The molecule has 1 saturated carbocycles. The summed E-state index contributed by atoms with van der Waals surface area (Å²) >= 11 is 6.51. The number of carbonyl (C=O) groups is 1. The van der Waals surface area contributed by atoms with Crippen molar-refractivity contribution in [1.29, 1.82) is 0 Å². The third-order valence-corrected chi connectivity index (χ3v) is 8.39. The predicted molar refractivity (Wildman–Crippen MR) is 133 cm³/mol. The maximum Gasteiger partial charge on any atom is 0.309 e. The second-order valence-electron chi connectivity index (χ2n) is 10.0. The molecule has 6 heteroatoms. The molecule has 0 bridgehead atoms. The molecule has 2 fully saturated rings. The highest BCUT2D eigenvalue weighted by molar-refractivity contribution is 6.32. The number of piperidine rings is 1. The van der Waals surface area contributed by atoms with E-state index in [1.165, 1.54) is 38.5 Å². The van der Waals surface area contributed by atoms with Gasteiger partial charge < -0.3 is 14.7 Å². The molecule has 0 amide bonds. The molecule has 1 aliphatic heterocycles. The van der Waals surface area contributed by atoms with E-state index < -0.39 is 11.4 Å². The van der Waals surface area contributed by atoms with E-state index in [2.05, 4.69) is 9.88 Å². The fourth-order valence-corrected chi connectivity index (χ4v) is 6.05. The van der Waals surface area contributed by atoms with Gasteiger partial charge in [0.15, 0.2) is 0 Å². The van der Waals surface area contributed by atoms with Gasteiger partial charge in [-0.3, -0.25) is 9.78 Å². The Morgan fingerprint density at radius 3 is 2.70 bits per heavy atom. The second kappa shape index (κ2) is 11.1. The number of pyridine rings is 1. The van der Waals surface area contributed by atoms with Crippen molar-refractivity contribution < 1.29 is 14.6 Å². The van der Waals surface area contributed by atoms with Crippen LogP contribution in [0.3, 0.4) is 0 Å². The monoisotopic (exact) mass is 472 g/mol. The zero-order valence-electron chi connectivity index (χ0n) is 19.8. The van der Waals surface area contributed by atoms with Gasteiger partial charge >= 0.3 is 5.97 Å².